The van der Waals surface area contributed by atoms with Crippen LogP contribution < -0.4 is 0 Å². The van der Waals surface area contributed by atoms with Crippen molar-refractivity contribution < 1.29 is 0 Å². The molecule has 1 unspecified atom stereocenters. The molecule has 0 spiro atoms. The molecule has 0 amide bonds. The molecule has 0 aromatic heterocycles. The Morgan fingerprint density at radius 1 is 0.347 bits per heavy atom. The van der Waals surface area contributed by atoms with Gasteiger partial charge in [0.1, 0.15) is 0 Å². The first-order valence-electron chi connectivity index (χ1n) is 17.4. The van der Waals surface area contributed by atoms with Gasteiger partial charge in [0.2, 0.25) is 0 Å². The predicted molar refractivity (Wildman–Crippen MR) is 212 cm³/mol. The summed E-state index contributed by atoms with van der Waals surface area (Å²) < 4.78 is 0. The summed E-state index contributed by atoms with van der Waals surface area (Å²) in [7, 11) is 0. The summed E-state index contributed by atoms with van der Waals surface area (Å²) in [6.07, 6.45) is 5.79. The molecule has 9 aromatic rings. The smallest absolute Gasteiger partial charge is 0.00928 e. The van der Waals surface area contributed by atoms with Crippen LogP contribution in [0.3, 0.4) is 0 Å². The minimum Gasteiger partial charge on any atom is -0.0807 e. The molecule has 0 radical (unpaired) electrons. The summed E-state index contributed by atoms with van der Waals surface area (Å²) >= 11 is 0. The SMILES string of the molecule is CC1C=Cc2c(c3cc(-c4cccc(-c5cccc(-c6ccc7c8ccccc8c8ccccc8c7c6)c5)c4)ccc3c3ccccc23)C1. The van der Waals surface area contributed by atoms with Gasteiger partial charge in [0.05, 0.1) is 0 Å². The van der Waals surface area contributed by atoms with E-state index in [0.29, 0.717) is 5.92 Å². The fourth-order valence-corrected chi connectivity index (χ4v) is 8.37. The molecular formula is C49H34. The van der Waals surface area contributed by atoms with Crippen LogP contribution in [0.1, 0.15) is 18.1 Å². The maximum absolute atomic E-state index is 2.44. The van der Waals surface area contributed by atoms with Gasteiger partial charge in [-0.15, -0.1) is 0 Å². The van der Waals surface area contributed by atoms with E-state index in [4.69, 9.17) is 0 Å². The number of benzene rings is 9. The second-order valence-corrected chi connectivity index (χ2v) is 13.8. The Bertz CT molecular complexity index is 2780. The van der Waals surface area contributed by atoms with E-state index in [2.05, 4.69) is 177 Å². The highest BCUT2D eigenvalue weighted by molar-refractivity contribution is 6.25. The van der Waals surface area contributed by atoms with Crippen molar-refractivity contribution >= 4 is 59.9 Å². The van der Waals surface area contributed by atoms with Gasteiger partial charge < -0.3 is 0 Å². The minimum atomic E-state index is 0.539. The highest BCUT2D eigenvalue weighted by Crippen LogP contribution is 2.41. The fraction of sp³-hybridized carbons (Fsp3) is 0.0612. The summed E-state index contributed by atoms with van der Waals surface area (Å²) in [6.45, 7) is 2.32. The highest BCUT2D eigenvalue weighted by Gasteiger charge is 2.18. The molecule has 9 aromatic carbocycles. The third-order valence-corrected chi connectivity index (χ3v) is 10.8. The first kappa shape index (κ1) is 28.1. The van der Waals surface area contributed by atoms with Crippen molar-refractivity contribution in [3.63, 3.8) is 0 Å². The van der Waals surface area contributed by atoms with E-state index in [1.165, 1.54) is 98.4 Å². The third kappa shape index (κ3) is 4.52. The van der Waals surface area contributed by atoms with Crippen molar-refractivity contribution in [1.82, 2.24) is 0 Å². The lowest BCUT2D eigenvalue weighted by atomic mass is 9.82. The number of allylic oxidation sites excluding steroid dienone is 1. The third-order valence-electron chi connectivity index (χ3n) is 10.8. The molecule has 0 saturated carbocycles. The molecule has 10 rings (SSSR count). The monoisotopic (exact) mass is 622 g/mol. The lowest BCUT2D eigenvalue weighted by Gasteiger charge is -2.21. The van der Waals surface area contributed by atoms with Crippen molar-refractivity contribution in [2.45, 2.75) is 13.3 Å². The maximum atomic E-state index is 2.44. The molecule has 0 bridgehead atoms. The van der Waals surface area contributed by atoms with E-state index in [1.54, 1.807) is 0 Å². The van der Waals surface area contributed by atoms with E-state index >= 15 is 0 Å². The van der Waals surface area contributed by atoms with E-state index in [-0.39, 0.29) is 0 Å². The quantitative estimate of drug-likeness (QED) is 0.172. The van der Waals surface area contributed by atoms with Crippen molar-refractivity contribution in [1.29, 1.82) is 0 Å². The Kier molecular flexibility index (Phi) is 6.33. The molecule has 0 aliphatic heterocycles. The van der Waals surface area contributed by atoms with Gasteiger partial charge >= 0.3 is 0 Å². The van der Waals surface area contributed by atoms with Crippen molar-refractivity contribution in [3.05, 3.63) is 175 Å². The molecule has 1 aliphatic carbocycles. The zero-order valence-electron chi connectivity index (χ0n) is 27.5. The molecule has 49 heavy (non-hydrogen) atoms. The lowest BCUT2D eigenvalue weighted by molar-refractivity contribution is 0.722. The largest absolute Gasteiger partial charge is 0.0807 e. The molecule has 1 aliphatic rings. The molecule has 0 heteroatoms. The average molecular weight is 623 g/mol. The normalized spacial score (nSPS) is 14.3. The average Bonchev–Trinajstić information content (AvgIpc) is 3.18. The van der Waals surface area contributed by atoms with E-state index in [9.17, 15) is 0 Å². The molecule has 0 fully saturated rings. The van der Waals surface area contributed by atoms with Crippen molar-refractivity contribution in [2.75, 3.05) is 0 Å². The summed E-state index contributed by atoms with van der Waals surface area (Å²) in [6, 6.07) is 58.6. The van der Waals surface area contributed by atoms with E-state index in [0.717, 1.165) is 6.42 Å². The van der Waals surface area contributed by atoms with Crippen LogP contribution >= 0.6 is 0 Å². The van der Waals surface area contributed by atoms with Crippen LogP contribution in [-0.2, 0) is 6.42 Å². The summed E-state index contributed by atoms with van der Waals surface area (Å²) in [5.74, 6) is 0.539. The van der Waals surface area contributed by atoms with Crippen LogP contribution in [0.15, 0.2) is 164 Å². The highest BCUT2D eigenvalue weighted by atomic mass is 14.2. The summed E-state index contributed by atoms with van der Waals surface area (Å²) in [4.78, 5) is 0. The van der Waals surface area contributed by atoms with Gasteiger partial charge in [-0.3, -0.25) is 0 Å². The lowest BCUT2D eigenvalue weighted by Crippen LogP contribution is -2.05. The summed E-state index contributed by atoms with van der Waals surface area (Å²) in [5.41, 5.74) is 10.3. The van der Waals surface area contributed by atoms with Crippen molar-refractivity contribution in [3.8, 4) is 33.4 Å². The van der Waals surface area contributed by atoms with Gasteiger partial charge in [0.15, 0.2) is 0 Å². The molecule has 0 heterocycles. The van der Waals surface area contributed by atoms with Crippen LogP contribution in [0.4, 0.5) is 0 Å². The van der Waals surface area contributed by atoms with Crippen LogP contribution in [0.5, 0.6) is 0 Å². The van der Waals surface area contributed by atoms with E-state index < -0.39 is 0 Å². The second-order valence-electron chi connectivity index (χ2n) is 13.8. The molecule has 0 saturated heterocycles. The van der Waals surface area contributed by atoms with Gasteiger partial charge in [-0.25, -0.2) is 0 Å². The maximum Gasteiger partial charge on any atom is -0.00928 e. The van der Waals surface area contributed by atoms with Crippen LogP contribution in [0.25, 0.3) is 93.3 Å². The van der Waals surface area contributed by atoms with Gasteiger partial charge in [0.25, 0.3) is 0 Å². The molecule has 230 valence electrons. The second kappa shape index (κ2) is 11.0. The number of hydrogen-bond acceptors (Lipinski definition) is 0. The zero-order chi connectivity index (χ0) is 32.5. The topological polar surface area (TPSA) is 0 Å². The first-order chi connectivity index (χ1) is 24.2. The summed E-state index contributed by atoms with van der Waals surface area (Å²) in [5, 5.41) is 13.3. The zero-order valence-corrected chi connectivity index (χ0v) is 27.5. The molecule has 0 nitrogen and oxygen atoms in total. The first-order valence-corrected chi connectivity index (χ1v) is 17.4. The van der Waals surface area contributed by atoms with Crippen LogP contribution in [0, 0.1) is 5.92 Å². The molecule has 0 N–H and O–H groups in total. The Hall–Kier alpha value is -5.98. The standard InChI is InChI=1S/C49H34/c1-31-20-23-44-41-17-4-5-18-42(41)46-25-22-37(30-49(46)47(44)26-31)35-13-9-11-33(28-35)32-10-8-12-34(27-32)36-21-24-45-40-16-3-2-14-38(40)39-15-6-7-19-43(39)48(45)29-36/h2-25,27-31H,26H2,1H3. The van der Waals surface area contributed by atoms with Gasteiger partial charge in [-0.05, 0) is 135 Å². The van der Waals surface area contributed by atoms with Gasteiger partial charge in [0, 0.05) is 0 Å². The fourth-order valence-electron chi connectivity index (χ4n) is 8.37. The number of rotatable bonds is 3. The minimum absolute atomic E-state index is 0.539. The van der Waals surface area contributed by atoms with E-state index in [1.807, 2.05) is 0 Å². The van der Waals surface area contributed by atoms with Gasteiger partial charge in [-0.2, -0.15) is 0 Å². The number of hydrogen-bond donors (Lipinski definition) is 0. The predicted octanol–water partition coefficient (Wildman–Crippen LogP) is 13.7. The Morgan fingerprint density at radius 3 is 1.27 bits per heavy atom. The molecule has 1 atom stereocenters. The van der Waals surface area contributed by atoms with Crippen LogP contribution in [-0.4, -0.2) is 0 Å². The van der Waals surface area contributed by atoms with Crippen molar-refractivity contribution in [2.24, 2.45) is 5.92 Å². The Balaban J connectivity index is 1.07. The Morgan fingerprint density at radius 2 is 0.735 bits per heavy atom. The Labute approximate surface area is 286 Å². The van der Waals surface area contributed by atoms with Gasteiger partial charge in [-0.1, -0.05) is 153 Å². The number of fused-ring (bicyclic) bond motifs is 12. The molecular weight excluding hydrogens is 589 g/mol. The van der Waals surface area contributed by atoms with Crippen LogP contribution in [0.2, 0.25) is 0 Å².